The van der Waals surface area contributed by atoms with Crippen LogP contribution in [0.25, 0.3) is 0 Å². The van der Waals surface area contributed by atoms with Crippen LogP contribution in [0.1, 0.15) is 23.6 Å². The summed E-state index contributed by atoms with van der Waals surface area (Å²) in [4.78, 5) is 19.1. The van der Waals surface area contributed by atoms with Crippen LogP contribution in [0.2, 0.25) is 0 Å². The lowest BCUT2D eigenvalue weighted by atomic mass is 10.1. The van der Waals surface area contributed by atoms with Gasteiger partial charge in [-0.15, -0.1) is 0 Å². The van der Waals surface area contributed by atoms with E-state index in [1.807, 2.05) is 22.9 Å². The fraction of sp³-hybridized carbons (Fsp3) is 0.308. The van der Waals surface area contributed by atoms with Crippen LogP contribution in [0.3, 0.4) is 0 Å². The Bertz CT molecular complexity index is 548. The second kappa shape index (κ2) is 4.25. The molecule has 2 unspecified atom stereocenters. The Balaban J connectivity index is 1.68. The first kappa shape index (κ1) is 11.0. The Kier molecular flexibility index (Phi) is 2.59. The summed E-state index contributed by atoms with van der Waals surface area (Å²) in [5.41, 5.74) is 1.97. The fourth-order valence-electron chi connectivity index (χ4n) is 2.15. The highest BCUT2D eigenvalue weighted by Gasteiger charge is 2.44. The molecule has 0 aromatic carbocycles. The number of rotatable bonds is 4. The average Bonchev–Trinajstić information content (AvgIpc) is 3.02. The second-order valence-corrected chi connectivity index (χ2v) is 4.60. The number of hydrogen-bond acceptors (Lipinski definition) is 3. The third-order valence-electron chi connectivity index (χ3n) is 3.29. The zero-order chi connectivity index (χ0) is 12.5. The third-order valence-corrected chi connectivity index (χ3v) is 3.29. The topological polar surface area (TPSA) is 68.0 Å². The van der Waals surface area contributed by atoms with Gasteiger partial charge in [-0.05, 0) is 24.0 Å². The van der Waals surface area contributed by atoms with Gasteiger partial charge in [-0.3, -0.25) is 9.78 Å². The van der Waals surface area contributed by atoms with Gasteiger partial charge in [-0.25, -0.2) is 4.98 Å². The predicted octanol–water partition coefficient (Wildman–Crippen LogP) is 1.51. The normalized spacial score (nSPS) is 21.8. The van der Waals surface area contributed by atoms with E-state index in [9.17, 15) is 4.79 Å². The number of aromatic nitrogens is 3. The minimum atomic E-state index is -0.706. The van der Waals surface area contributed by atoms with Crippen molar-refractivity contribution in [2.75, 3.05) is 0 Å². The molecule has 5 heteroatoms. The van der Waals surface area contributed by atoms with Crippen molar-refractivity contribution in [1.29, 1.82) is 0 Å². The monoisotopic (exact) mass is 243 g/mol. The molecule has 2 atom stereocenters. The minimum Gasteiger partial charge on any atom is -0.481 e. The minimum absolute atomic E-state index is 0.150. The van der Waals surface area contributed by atoms with Crippen molar-refractivity contribution in [2.24, 2.45) is 5.92 Å². The highest BCUT2D eigenvalue weighted by molar-refractivity contribution is 5.75. The Hall–Kier alpha value is -2.17. The summed E-state index contributed by atoms with van der Waals surface area (Å²) in [5.74, 6) is -0.772. The molecule has 0 saturated heterocycles. The number of imidazole rings is 1. The van der Waals surface area contributed by atoms with E-state index in [1.165, 1.54) is 0 Å². The maximum absolute atomic E-state index is 10.8. The summed E-state index contributed by atoms with van der Waals surface area (Å²) in [7, 11) is 0. The summed E-state index contributed by atoms with van der Waals surface area (Å²) in [5, 5.41) is 8.88. The summed E-state index contributed by atoms with van der Waals surface area (Å²) in [6.07, 6.45) is 7.89. The van der Waals surface area contributed by atoms with E-state index >= 15 is 0 Å². The van der Waals surface area contributed by atoms with Crippen LogP contribution < -0.4 is 0 Å². The first-order valence-electron chi connectivity index (χ1n) is 5.87. The van der Waals surface area contributed by atoms with Gasteiger partial charge in [0.15, 0.2) is 0 Å². The van der Waals surface area contributed by atoms with Gasteiger partial charge in [0, 0.05) is 18.6 Å². The highest BCUT2D eigenvalue weighted by Crippen LogP contribution is 2.47. The third kappa shape index (κ3) is 2.11. The van der Waals surface area contributed by atoms with Crippen molar-refractivity contribution < 1.29 is 9.90 Å². The lowest BCUT2D eigenvalue weighted by Gasteiger charge is -2.03. The molecule has 1 aliphatic carbocycles. The van der Waals surface area contributed by atoms with Gasteiger partial charge < -0.3 is 9.67 Å². The summed E-state index contributed by atoms with van der Waals surface area (Å²) < 4.78 is 1.94. The molecule has 2 aromatic rings. The molecule has 2 aromatic heterocycles. The van der Waals surface area contributed by atoms with E-state index in [1.54, 1.807) is 18.7 Å². The first-order valence-corrected chi connectivity index (χ1v) is 5.87. The Morgan fingerprint density at radius 2 is 2.39 bits per heavy atom. The molecule has 2 heterocycles. The molecule has 18 heavy (non-hydrogen) atoms. The maximum atomic E-state index is 10.8. The Morgan fingerprint density at radius 1 is 1.50 bits per heavy atom. The quantitative estimate of drug-likeness (QED) is 0.883. The van der Waals surface area contributed by atoms with Gasteiger partial charge in [-0.1, -0.05) is 6.07 Å². The van der Waals surface area contributed by atoms with Crippen LogP contribution >= 0.6 is 0 Å². The van der Waals surface area contributed by atoms with Gasteiger partial charge in [0.05, 0.1) is 24.5 Å². The van der Waals surface area contributed by atoms with Gasteiger partial charge in [0.2, 0.25) is 0 Å². The number of carboxylic acids is 1. The molecular weight excluding hydrogens is 230 g/mol. The zero-order valence-electron chi connectivity index (χ0n) is 9.73. The molecule has 92 valence electrons. The molecule has 1 saturated carbocycles. The lowest BCUT2D eigenvalue weighted by Crippen LogP contribution is -2.01. The van der Waals surface area contributed by atoms with Crippen LogP contribution in [0.15, 0.2) is 37.1 Å². The molecule has 3 rings (SSSR count). The highest BCUT2D eigenvalue weighted by atomic mass is 16.4. The fourth-order valence-corrected chi connectivity index (χ4v) is 2.15. The van der Waals surface area contributed by atoms with Crippen molar-refractivity contribution in [2.45, 2.75) is 18.9 Å². The smallest absolute Gasteiger partial charge is 0.307 e. The van der Waals surface area contributed by atoms with Crippen LogP contribution in [-0.2, 0) is 11.3 Å². The average molecular weight is 243 g/mol. The van der Waals surface area contributed by atoms with Crippen LogP contribution in [0.4, 0.5) is 0 Å². The molecule has 1 N–H and O–H groups in total. The number of carboxylic acid groups (broad SMARTS) is 1. The Morgan fingerprint density at radius 3 is 2.94 bits per heavy atom. The van der Waals surface area contributed by atoms with Crippen LogP contribution in [0, 0.1) is 5.92 Å². The van der Waals surface area contributed by atoms with E-state index in [0.29, 0.717) is 6.54 Å². The van der Waals surface area contributed by atoms with Crippen molar-refractivity contribution in [1.82, 2.24) is 14.5 Å². The molecular formula is C13H13N3O2. The van der Waals surface area contributed by atoms with E-state index in [4.69, 9.17) is 5.11 Å². The van der Waals surface area contributed by atoms with Crippen molar-refractivity contribution in [3.8, 4) is 0 Å². The summed E-state index contributed by atoms with van der Waals surface area (Å²) in [6, 6.07) is 3.93. The SMILES string of the molecule is O=C(O)C1CC1c1ccc(Cn2ccnc2)nc1. The largest absolute Gasteiger partial charge is 0.481 e. The molecule has 0 radical (unpaired) electrons. The lowest BCUT2D eigenvalue weighted by molar-refractivity contribution is -0.138. The number of carbonyl (C=O) groups is 1. The standard InChI is InChI=1S/C13H13N3O2/c17-13(18)12-5-11(12)9-1-2-10(15-6-9)7-16-4-3-14-8-16/h1-4,6,8,11-12H,5,7H2,(H,17,18). The van der Waals surface area contributed by atoms with Crippen molar-refractivity contribution in [3.63, 3.8) is 0 Å². The number of nitrogens with zero attached hydrogens (tertiary/aromatic N) is 3. The number of hydrogen-bond donors (Lipinski definition) is 1. The van der Waals surface area contributed by atoms with Gasteiger partial charge in [-0.2, -0.15) is 0 Å². The summed E-state index contributed by atoms with van der Waals surface area (Å²) in [6.45, 7) is 0.688. The molecule has 0 amide bonds. The number of pyridine rings is 1. The van der Waals surface area contributed by atoms with E-state index in [-0.39, 0.29) is 11.8 Å². The first-order chi connectivity index (χ1) is 8.74. The molecule has 0 spiro atoms. The second-order valence-electron chi connectivity index (χ2n) is 4.60. The zero-order valence-corrected chi connectivity index (χ0v) is 9.73. The van der Waals surface area contributed by atoms with E-state index in [0.717, 1.165) is 17.7 Å². The van der Waals surface area contributed by atoms with Gasteiger partial charge >= 0.3 is 5.97 Å². The van der Waals surface area contributed by atoms with Crippen LogP contribution in [0.5, 0.6) is 0 Å². The van der Waals surface area contributed by atoms with Gasteiger partial charge in [0.1, 0.15) is 0 Å². The van der Waals surface area contributed by atoms with Crippen LogP contribution in [-0.4, -0.2) is 25.6 Å². The molecule has 0 bridgehead atoms. The predicted molar refractivity (Wildman–Crippen MR) is 64.0 cm³/mol. The maximum Gasteiger partial charge on any atom is 0.307 e. The van der Waals surface area contributed by atoms with Crippen molar-refractivity contribution in [3.05, 3.63) is 48.3 Å². The molecule has 1 fully saturated rings. The Labute approximate surface area is 104 Å². The number of aliphatic carboxylic acids is 1. The van der Waals surface area contributed by atoms with Crippen molar-refractivity contribution >= 4 is 5.97 Å². The van der Waals surface area contributed by atoms with E-state index in [2.05, 4.69) is 9.97 Å². The molecule has 1 aliphatic rings. The van der Waals surface area contributed by atoms with E-state index < -0.39 is 5.97 Å². The molecule has 5 nitrogen and oxygen atoms in total. The van der Waals surface area contributed by atoms with Gasteiger partial charge in [0.25, 0.3) is 0 Å². The summed E-state index contributed by atoms with van der Waals surface area (Å²) >= 11 is 0. The molecule has 0 aliphatic heterocycles.